The van der Waals surface area contributed by atoms with Gasteiger partial charge in [0.1, 0.15) is 11.5 Å². The smallest absolute Gasteiger partial charge is 0.340 e. The average molecular weight is 607 g/mol. The maximum absolute atomic E-state index is 13.8. The van der Waals surface area contributed by atoms with E-state index in [9.17, 15) is 22.4 Å². The van der Waals surface area contributed by atoms with Crippen LogP contribution in [-0.2, 0) is 15.0 Å². The average Bonchev–Trinajstić information content (AvgIpc) is 3.25. The zero-order valence-corrected chi connectivity index (χ0v) is 24.8. The molecule has 230 valence electrons. The predicted molar refractivity (Wildman–Crippen MR) is 165 cm³/mol. The number of alkyl halides is 4. The number of rotatable bonds is 11. The first-order valence-corrected chi connectivity index (χ1v) is 14.6. The number of benzene rings is 4. The van der Waals surface area contributed by atoms with Crippen LogP contribution in [0.1, 0.15) is 68.7 Å². The summed E-state index contributed by atoms with van der Waals surface area (Å²) in [7, 11) is 0. The Balaban J connectivity index is 1.72. The SMILES string of the molecule is CCCC1(CCC)c2cc(/C(=N\OC(C)=O)c3ccccc3OCC(F)(F)C(F)F)ccc2-c2c1cc(N)c1ccccc21. The number of anilines is 1. The van der Waals surface area contributed by atoms with Gasteiger partial charge < -0.3 is 15.3 Å². The number of nitrogens with zero attached hydrogens (tertiary/aromatic N) is 1. The lowest BCUT2D eigenvalue weighted by atomic mass is 9.71. The van der Waals surface area contributed by atoms with Crippen molar-refractivity contribution in [1.82, 2.24) is 0 Å². The van der Waals surface area contributed by atoms with E-state index in [-0.39, 0.29) is 22.4 Å². The van der Waals surface area contributed by atoms with Crippen molar-refractivity contribution in [2.75, 3.05) is 12.3 Å². The molecule has 44 heavy (non-hydrogen) atoms. The fraction of sp³-hybridized carbons (Fsp3) is 0.314. The molecule has 0 bridgehead atoms. The van der Waals surface area contributed by atoms with Gasteiger partial charge in [0.25, 0.3) is 0 Å². The largest absolute Gasteiger partial charge is 0.486 e. The van der Waals surface area contributed by atoms with Crippen LogP contribution >= 0.6 is 0 Å². The maximum Gasteiger partial charge on any atom is 0.340 e. The molecule has 0 unspecified atom stereocenters. The zero-order chi connectivity index (χ0) is 31.6. The highest BCUT2D eigenvalue weighted by Crippen LogP contribution is 2.57. The Morgan fingerprint density at radius 3 is 2.25 bits per heavy atom. The first-order chi connectivity index (χ1) is 21.0. The number of nitrogens with two attached hydrogens (primary N) is 1. The Kier molecular flexibility index (Phi) is 8.68. The summed E-state index contributed by atoms with van der Waals surface area (Å²) in [5, 5.41) is 6.13. The number of nitrogen functional groups attached to an aromatic ring is 1. The third-order valence-electron chi connectivity index (χ3n) is 8.17. The molecule has 0 aromatic heterocycles. The van der Waals surface area contributed by atoms with Gasteiger partial charge in [0.2, 0.25) is 0 Å². The van der Waals surface area contributed by atoms with Crippen molar-refractivity contribution < 1.29 is 31.9 Å². The molecule has 0 heterocycles. The van der Waals surface area contributed by atoms with E-state index in [2.05, 4.69) is 31.1 Å². The fourth-order valence-electron chi connectivity index (χ4n) is 6.43. The van der Waals surface area contributed by atoms with Crippen LogP contribution in [0.4, 0.5) is 23.2 Å². The third-order valence-corrected chi connectivity index (χ3v) is 8.17. The number of halogens is 4. The molecule has 0 saturated heterocycles. The van der Waals surface area contributed by atoms with Crippen molar-refractivity contribution in [3.05, 3.63) is 95.1 Å². The summed E-state index contributed by atoms with van der Waals surface area (Å²) < 4.78 is 58.6. The van der Waals surface area contributed by atoms with Gasteiger partial charge in [-0.1, -0.05) is 80.4 Å². The summed E-state index contributed by atoms with van der Waals surface area (Å²) in [6.07, 6.45) is -0.391. The Labute approximate surface area is 253 Å². The number of hydrogen-bond donors (Lipinski definition) is 1. The molecule has 0 fully saturated rings. The van der Waals surface area contributed by atoms with Gasteiger partial charge in [-0.2, -0.15) is 8.78 Å². The molecule has 0 aliphatic heterocycles. The molecule has 1 aliphatic rings. The lowest BCUT2D eigenvalue weighted by molar-refractivity contribution is -0.148. The van der Waals surface area contributed by atoms with Crippen LogP contribution in [-0.4, -0.2) is 30.6 Å². The van der Waals surface area contributed by atoms with Crippen LogP contribution in [0.5, 0.6) is 5.75 Å². The van der Waals surface area contributed by atoms with E-state index in [4.69, 9.17) is 15.3 Å². The van der Waals surface area contributed by atoms with Crippen molar-refractivity contribution >= 4 is 28.1 Å². The minimum absolute atomic E-state index is 0.102. The van der Waals surface area contributed by atoms with Gasteiger partial charge in [-0.3, -0.25) is 0 Å². The standard InChI is InChI=1S/C35H34F4N2O3/c1-4-16-34(17-5-2)27-18-22(14-15-25(27)31-24-11-7-6-10-23(24)29(40)19-28(31)34)32(41-44-21(3)42)26-12-8-9-13-30(26)43-20-35(38,39)33(36)37/h6-15,18-19,33H,4-5,16-17,20,40H2,1-3H3/b41-32+. The van der Waals surface area contributed by atoms with E-state index in [0.29, 0.717) is 11.3 Å². The molecule has 9 heteroatoms. The predicted octanol–water partition coefficient (Wildman–Crippen LogP) is 8.88. The molecule has 4 aromatic rings. The second-order valence-corrected chi connectivity index (χ2v) is 11.1. The first-order valence-electron chi connectivity index (χ1n) is 14.6. The number of hydrogen-bond acceptors (Lipinski definition) is 5. The third kappa shape index (κ3) is 5.51. The molecule has 0 saturated carbocycles. The van der Waals surface area contributed by atoms with Gasteiger partial charge >= 0.3 is 18.3 Å². The van der Waals surface area contributed by atoms with Crippen molar-refractivity contribution in [2.24, 2.45) is 5.16 Å². The number of fused-ring (bicyclic) bond motifs is 5. The normalized spacial score (nSPS) is 14.0. The van der Waals surface area contributed by atoms with E-state index >= 15 is 0 Å². The lowest BCUT2D eigenvalue weighted by Gasteiger charge is -2.32. The molecule has 5 rings (SSSR count). The molecular formula is C35H34F4N2O3. The van der Waals surface area contributed by atoms with Crippen LogP contribution in [0.25, 0.3) is 21.9 Å². The van der Waals surface area contributed by atoms with E-state index in [1.165, 1.54) is 19.1 Å². The molecule has 2 N–H and O–H groups in total. The molecule has 5 nitrogen and oxygen atoms in total. The van der Waals surface area contributed by atoms with E-state index < -0.39 is 24.9 Å². The van der Waals surface area contributed by atoms with Crippen LogP contribution < -0.4 is 10.5 Å². The highest BCUT2D eigenvalue weighted by atomic mass is 19.3. The molecular weight excluding hydrogens is 572 g/mol. The molecule has 0 atom stereocenters. The second kappa shape index (κ2) is 12.3. The summed E-state index contributed by atoms with van der Waals surface area (Å²) in [5.41, 5.74) is 12.2. The van der Waals surface area contributed by atoms with Gasteiger partial charge in [-0.15, -0.1) is 0 Å². The molecule has 0 amide bonds. The van der Waals surface area contributed by atoms with Crippen molar-refractivity contribution in [1.29, 1.82) is 0 Å². The van der Waals surface area contributed by atoms with E-state index in [1.54, 1.807) is 12.1 Å². The highest BCUT2D eigenvalue weighted by molar-refractivity contribution is 6.15. The van der Waals surface area contributed by atoms with E-state index in [1.807, 2.05) is 36.4 Å². The van der Waals surface area contributed by atoms with Crippen LogP contribution in [0.2, 0.25) is 0 Å². The maximum atomic E-state index is 13.8. The summed E-state index contributed by atoms with van der Waals surface area (Å²) in [4.78, 5) is 16.9. The minimum atomic E-state index is -4.36. The molecule has 4 aromatic carbocycles. The van der Waals surface area contributed by atoms with Crippen LogP contribution in [0.15, 0.2) is 78.0 Å². The lowest BCUT2D eigenvalue weighted by Crippen LogP contribution is -2.34. The van der Waals surface area contributed by atoms with Crippen molar-refractivity contribution in [3.8, 4) is 16.9 Å². The van der Waals surface area contributed by atoms with Gasteiger partial charge in [0, 0.05) is 34.5 Å². The summed E-state index contributed by atoms with van der Waals surface area (Å²) in [6.45, 7) is 3.93. The minimum Gasteiger partial charge on any atom is -0.486 e. The molecule has 0 radical (unpaired) electrons. The number of para-hydroxylation sites is 1. The monoisotopic (exact) mass is 606 g/mol. The Hall–Kier alpha value is -4.40. The summed E-state index contributed by atoms with van der Waals surface area (Å²) >= 11 is 0. The number of ether oxygens (including phenoxy) is 1. The quantitative estimate of drug-likeness (QED) is 0.0609. The first kappa shape index (κ1) is 31.0. The Morgan fingerprint density at radius 2 is 1.59 bits per heavy atom. The van der Waals surface area contributed by atoms with Crippen LogP contribution in [0.3, 0.4) is 0 Å². The highest BCUT2D eigenvalue weighted by Gasteiger charge is 2.44. The summed E-state index contributed by atoms with van der Waals surface area (Å²) in [5.74, 6) is -5.15. The number of oxime groups is 1. The van der Waals surface area contributed by atoms with Gasteiger partial charge in [-0.05, 0) is 64.7 Å². The Morgan fingerprint density at radius 1 is 0.932 bits per heavy atom. The van der Waals surface area contributed by atoms with Crippen LogP contribution in [0, 0.1) is 0 Å². The topological polar surface area (TPSA) is 73.9 Å². The molecule has 1 aliphatic carbocycles. The van der Waals surface area contributed by atoms with E-state index in [0.717, 1.165) is 58.7 Å². The Bertz CT molecular complexity index is 1730. The molecule has 0 spiro atoms. The summed E-state index contributed by atoms with van der Waals surface area (Å²) in [6, 6.07) is 22.1. The van der Waals surface area contributed by atoms with Crippen molar-refractivity contribution in [3.63, 3.8) is 0 Å². The second-order valence-electron chi connectivity index (χ2n) is 11.1. The number of carbonyl (C=O) groups excluding carboxylic acids is 1. The van der Waals surface area contributed by atoms with Crippen molar-refractivity contribution in [2.45, 2.75) is 64.2 Å². The van der Waals surface area contributed by atoms with Gasteiger partial charge in [-0.25, -0.2) is 13.6 Å². The zero-order valence-electron chi connectivity index (χ0n) is 24.8. The fourth-order valence-corrected chi connectivity index (χ4v) is 6.43. The van der Waals surface area contributed by atoms with Gasteiger partial charge in [0.05, 0.1) is 0 Å². The number of carbonyl (C=O) groups is 1. The van der Waals surface area contributed by atoms with Gasteiger partial charge in [0.15, 0.2) is 6.61 Å².